The quantitative estimate of drug-likeness (QED) is 0.632. The van der Waals surface area contributed by atoms with Crippen molar-refractivity contribution in [3.8, 4) is 5.75 Å². The molecule has 0 radical (unpaired) electrons. The number of para-hydroxylation sites is 1. The highest BCUT2D eigenvalue weighted by atomic mass is 32.2. The van der Waals surface area contributed by atoms with Gasteiger partial charge in [0.1, 0.15) is 17.2 Å². The minimum absolute atomic E-state index is 0.0648. The predicted molar refractivity (Wildman–Crippen MR) is 76.7 cm³/mol. The number of carbonyl (C=O) groups is 2. The lowest BCUT2D eigenvalue weighted by Gasteiger charge is -2.14. The maximum absolute atomic E-state index is 12.3. The van der Waals surface area contributed by atoms with Gasteiger partial charge in [0, 0.05) is 0 Å². The van der Waals surface area contributed by atoms with E-state index in [-0.39, 0.29) is 16.2 Å². The van der Waals surface area contributed by atoms with Gasteiger partial charge in [-0.25, -0.2) is 17.5 Å². The van der Waals surface area contributed by atoms with Crippen LogP contribution >= 0.6 is 0 Å². The predicted octanol–water partition coefficient (Wildman–Crippen LogP) is 1.44. The second kappa shape index (κ2) is 5.27. The molecule has 0 unspecified atom stereocenters. The van der Waals surface area contributed by atoms with Crippen molar-refractivity contribution in [3.63, 3.8) is 0 Å². The van der Waals surface area contributed by atoms with Gasteiger partial charge in [0.25, 0.3) is 15.9 Å². The average molecular weight is 317 g/mol. The first kappa shape index (κ1) is 14.3. The summed E-state index contributed by atoms with van der Waals surface area (Å²) in [6.07, 6.45) is 0. The van der Waals surface area contributed by atoms with Crippen LogP contribution in [-0.4, -0.2) is 31.1 Å². The summed E-state index contributed by atoms with van der Waals surface area (Å²) in [5, 5.41) is 0. The molecule has 0 bridgehead atoms. The van der Waals surface area contributed by atoms with Crippen LogP contribution in [0.2, 0.25) is 0 Å². The Balaban J connectivity index is 1.82. The number of sulfonamides is 1. The highest BCUT2D eigenvalue weighted by molar-refractivity contribution is 7.90. The molecule has 2 aromatic carbocycles. The molecule has 0 aromatic heterocycles. The Bertz CT molecular complexity index is 845. The lowest BCUT2D eigenvalue weighted by atomic mass is 10.2. The molecule has 1 aliphatic heterocycles. The van der Waals surface area contributed by atoms with Gasteiger partial charge in [0.15, 0.2) is 0 Å². The number of ether oxygens (including phenoxy) is 1. The van der Waals surface area contributed by atoms with Gasteiger partial charge in [-0.2, -0.15) is 0 Å². The minimum Gasteiger partial charge on any atom is -0.425 e. The molecule has 112 valence electrons. The maximum Gasteiger partial charge on any atom is 0.332 e. The first-order valence-corrected chi connectivity index (χ1v) is 7.86. The van der Waals surface area contributed by atoms with E-state index in [4.69, 9.17) is 4.74 Å². The van der Waals surface area contributed by atoms with Gasteiger partial charge in [-0.1, -0.05) is 30.3 Å². The summed E-state index contributed by atoms with van der Waals surface area (Å²) in [6, 6.07) is 14.1. The van der Waals surface area contributed by atoms with Crippen LogP contribution in [0, 0.1) is 0 Å². The fourth-order valence-corrected chi connectivity index (χ4v) is 3.67. The van der Waals surface area contributed by atoms with Crippen LogP contribution in [0.4, 0.5) is 0 Å². The molecule has 1 heterocycles. The lowest BCUT2D eigenvalue weighted by Crippen LogP contribution is -2.36. The number of rotatable bonds is 3. The zero-order valence-corrected chi connectivity index (χ0v) is 12.1. The van der Waals surface area contributed by atoms with Crippen molar-refractivity contribution in [2.75, 3.05) is 6.54 Å². The zero-order chi connectivity index (χ0) is 15.7. The Morgan fingerprint density at radius 2 is 1.64 bits per heavy atom. The van der Waals surface area contributed by atoms with E-state index in [1.54, 1.807) is 36.4 Å². The van der Waals surface area contributed by atoms with Crippen LogP contribution in [0.5, 0.6) is 5.75 Å². The molecule has 0 N–H and O–H groups in total. The number of nitrogens with zero attached hydrogens (tertiary/aromatic N) is 1. The van der Waals surface area contributed by atoms with Crippen LogP contribution in [-0.2, 0) is 14.8 Å². The smallest absolute Gasteiger partial charge is 0.332 e. The van der Waals surface area contributed by atoms with Crippen molar-refractivity contribution in [1.82, 2.24) is 4.31 Å². The third-order valence-corrected chi connectivity index (χ3v) is 4.95. The zero-order valence-electron chi connectivity index (χ0n) is 11.3. The molecule has 1 amide bonds. The van der Waals surface area contributed by atoms with E-state index < -0.39 is 28.4 Å². The van der Waals surface area contributed by atoms with E-state index in [1.165, 1.54) is 18.2 Å². The molecule has 0 fully saturated rings. The SMILES string of the molecule is O=C(CN1C(=O)c2ccccc2S1(=O)=O)Oc1ccccc1. The highest BCUT2D eigenvalue weighted by Crippen LogP contribution is 2.29. The summed E-state index contributed by atoms with van der Waals surface area (Å²) in [5.74, 6) is -1.26. The van der Waals surface area contributed by atoms with Crippen LogP contribution < -0.4 is 4.74 Å². The summed E-state index contributed by atoms with van der Waals surface area (Å²) in [7, 11) is -4.00. The van der Waals surface area contributed by atoms with Crippen molar-refractivity contribution >= 4 is 21.9 Å². The van der Waals surface area contributed by atoms with Gasteiger partial charge >= 0.3 is 5.97 Å². The van der Waals surface area contributed by atoms with Crippen LogP contribution in [0.25, 0.3) is 0 Å². The molecule has 1 aliphatic rings. The molecule has 2 aromatic rings. The monoisotopic (exact) mass is 317 g/mol. The Kier molecular flexibility index (Phi) is 3.42. The molecule has 0 saturated heterocycles. The normalized spacial score (nSPS) is 15.5. The van der Waals surface area contributed by atoms with Crippen LogP contribution in [0.1, 0.15) is 10.4 Å². The first-order chi connectivity index (χ1) is 10.5. The molecule has 0 aliphatic carbocycles. The van der Waals surface area contributed by atoms with Gasteiger partial charge in [0.05, 0.1) is 5.56 Å². The summed E-state index contributed by atoms with van der Waals surface area (Å²) in [6.45, 7) is -0.662. The molecule has 6 nitrogen and oxygen atoms in total. The molecule has 0 atom stereocenters. The van der Waals surface area contributed by atoms with Crippen molar-refractivity contribution < 1.29 is 22.7 Å². The van der Waals surface area contributed by atoms with Crippen molar-refractivity contribution in [1.29, 1.82) is 0 Å². The van der Waals surface area contributed by atoms with Gasteiger partial charge in [-0.05, 0) is 24.3 Å². The Morgan fingerprint density at radius 3 is 2.32 bits per heavy atom. The number of fused-ring (bicyclic) bond motifs is 1. The van der Waals surface area contributed by atoms with Crippen LogP contribution in [0.15, 0.2) is 59.5 Å². The van der Waals surface area contributed by atoms with E-state index in [1.807, 2.05) is 0 Å². The van der Waals surface area contributed by atoms with E-state index >= 15 is 0 Å². The second-order valence-corrected chi connectivity index (χ2v) is 6.43. The third-order valence-electron chi connectivity index (χ3n) is 3.16. The first-order valence-electron chi connectivity index (χ1n) is 6.42. The van der Waals surface area contributed by atoms with Gasteiger partial charge in [0.2, 0.25) is 0 Å². The molecule has 3 rings (SSSR count). The third kappa shape index (κ3) is 2.35. The summed E-state index contributed by atoms with van der Waals surface area (Å²) in [4.78, 5) is 23.9. The number of benzene rings is 2. The molecule has 22 heavy (non-hydrogen) atoms. The summed E-state index contributed by atoms with van der Waals surface area (Å²) in [5.41, 5.74) is 0.0648. The number of amides is 1. The van der Waals surface area contributed by atoms with Crippen molar-refractivity contribution in [3.05, 3.63) is 60.2 Å². The molecule has 0 saturated carbocycles. The number of esters is 1. The van der Waals surface area contributed by atoms with Gasteiger partial charge in [-0.15, -0.1) is 0 Å². The van der Waals surface area contributed by atoms with E-state index in [0.29, 0.717) is 4.31 Å². The van der Waals surface area contributed by atoms with E-state index in [2.05, 4.69) is 0 Å². The van der Waals surface area contributed by atoms with Crippen molar-refractivity contribution in [2.45, 2.75) is 4.90 Å². The summed E-state index contributed by atoms with van der Waals surface area (Å²) < 4.78 is 30.1. The fraction of sp³-hybridized carbons (Fsp3) is 0.0667. The Morgan fingerprint density at radius 1 is 1.00 bits per heavy atom. The lowest BCUT2D eigenvalue weighted by molar-refractivity contribution is -0.134. The molecule has 0 spiro atoms. The topological polar surface area (TPSA) is 80.8 Å². The second-order valence-electron chi connectivity index (χ2n) is 4.60. The molecular weight excluding hydrogens is 306 g/mol. The average Bonchev–Trinajstić information content (AvgIpc) is 2.70. The van der Waals surface area contributed by atoms with Crippen molar-refractivity contribution in [2.24, 2.45) is 0 Å². The highest BCUT2D eigenvalue weighted by Gasteiger charge is 2.42. The Hall–Kier alpha value is -2.67. The Labute approximate surface area is 127 Å². The molecular formula is C15H11NO5S. The number of carbonyl (C=O) groups excluding carboxylic acids is 2. The van der Waals surface area contributed by atoms with E-state index in [0.717, 1.165) is 0 Å². The van der Waals surface area contributed by atoms with E-state index in [9.17, 15) is 18.0 Å². The fourth-order valence-electron chi connectivity index (χ4n) is 2.16. The summed E-state index contributed by atoms with van der Waals surface area (Å²) >= 11 is 0. The standard InChI is InChI=1S/C15H11NO5S/c17-14(21-11-6-2-1-3-7-11)10-16-15(18)12-8-4-5-9-13(12)22(16,19)20/h1-9H,10H2. The maximum atomic E-state index is 12.3. The minimum atomic E-state index is -4.00. The van der Waals surface area contributed by atoms with Gasteiger partial charge in [-0.3, -0.25) is 4.79 Å². The number of hydrogen-bond donors (Lipinski definition) is 0. The molecule has 7 heteroatoms. The van der Waals surface area contributed by atoms with Crippen LogP contribution in [0.3, 0.4) is 0 Å². The largest absolute Gasteiger partial charge is 0.425 e. The van der Waals surface area contributed by atoms with Gasteiger partial charge < -0.3 is 4.74 Å². The number of hydrogen-bond acceptors (Lipinski definition) is 5.